The molecular formula is C9H10O4. The van der Waals surface area contributed by atoms with Gasteiger partial charge in [0.15, 0.2) is 6.10 Å². The van der Waals surface area contributed by atoms with Crippen molar-refractivity contribution in [2.75, 3.05) is 0 Å². The number of carbonyl (C=O) groups is 2. The fourth-order valence-electron chi connectivity index (χ4n) is 1.76. The highest BCUT2D eigenvalue weighted by Crippen LogP contribution is 2.37. The van der Waals surface area contributed by atoms with Gasteiger partial charge in [-0.3, -0.25) is 4.79 Å². The standard InChI is InChI=1S/C9H10O4/c1-3-5-7-6(9(11)12-5)4(2)8(10)13-7/h5-7H,2-3H2,1H3. The molecule has 0 aliphatic carbocycles. The highest BCUT2D eigenvalue weighted by atomic mass is 16.6. The van der Waals surface area contributed by atoms with Gasteiger partial charge in [0.05, 0.1) is 0 Å². The van der Waals surface area contributed by atoms with E-state index in [4.69, 9.17) is 9.47 Å². The third-order valence-electron chi connectivity index (χ3n) is 2.50. The van der Waals surface area contributed by atoms with E-state index in [9.17, 15) is 9.59 Å². The molecular weight excluding hydrogens is 172 g/mol. The Labute approximate surface area is 75.5 Å². The highest BCUT2D eigenvalue weighted by molar-refractivity contribution is 5.99. The summed E-state index contributed by atoms with van der Waals surface area (Å²) in [6.45, 7) is 5.41. The van der Waals surface area contributed by atoms with E-state index in [0.717, 1.165) is 0 Å². The summed E-state index contributed by atoms with van der Waals surface area (Å²) < 4.78 is 10.0. The van der Waals surface area contributed by atoms with Crippen LogP contribution in [-0.4, -0.2) is 24.1 Å². The second-order valence-electron chi connectivity index (χ2n) is 3.26. The van der Waals surface area contributed by atoms with Crippen LogP contribution in [0.3, 0.4) is 0 Å². The van der Waals surface area contributed by atoms with E-state index < -0.39 is 18.0 Å². The zero-order valence-electron chi connectivity index (χ0n) is 7.28. The molecule has 2 saturated heterocycles. The smallest absolute Gasteiger partial charge is 0.334 e. The molecule has 0 N–H and O–H groups in total. The van der Waals surface area contributed by atoms with Crippen LogP contribution in [0.25, 0.3) is 0 Å². The molecule has 0 aromatic heterocycles. The molecule has 13 heavy (non-hydrogen) atoms. The summed E-state index contributed by atoms with van der Waals surface area (Å²) in [4.78, 5) is 22.3. The van der Waals surface area contributed by atoms with E-state index in [0.29, 0.717) is 6.42 Å². The number of ether oxygens (including phenoxy) is 2. The van der Waals surface area contributed by atoms with Crippen LogP contribution in [0.1, 0.15) is 13.3 Å². The number of rotatable bonds is 1. The lowest BCUT2D eigenvalue weighted by Gasteiger charge is -2.11. The van der Waals surface area contributed by atoms with Crippen LogP contribution in [0.5, 0.6) is 0 Å². The molecule has 3 unspecified atom stereocenters. The Morgan fingerprint density at radius 3 is 2.69 bits per heavy atom. The summed E-state index contributed by atoms with van der Waals surface area (Å²) >= 11 is 0. The Kier molecular flexibility index (Phi) is 1.65. The van der Waals surface area contributed by atoms with Crippen molar-refractivity contribution < 1.29 is 19.1 Å². The number of carbonyl (C=O) groups excluding carboxylic acids is 2. The Morgan fingerprint density at radius 2 is 2.08 bits per heavy atom. The Bertz CT molecular complexity index is 294. The van der Waals surface area contributed by atoms with Gasteiger partial charge in [-0.25, -0.2) is 4.79 Å². The number of cyclic esters (lactones) is 1. The SMILES string of the molecule is C=C1C(=O)OC2C(CC)OC(=O)C12. The molecule has 0 saturated carbocycles. The molecule has 0 aromatic carbocycles. The van der Waals surface area contributed by atoms with Gasteiger partial charge in [-0.2, -0.15) is 0 Å². The largest absolute Gasteiger partial charge is 0.458 e. The van der Waals surface area contributed by atoms with Crippen molar-refractivity contribution in [1.82, 2.24) is 0 Å². The van der Waals surface area contributed by atoms with Crippen molar-refractivity contribution in [2.24, 2.45) is 5.92 Å². The lowest BCUT2D eigenvalue weighted by atomic mass is 9.96. The van der Waals surface area contributed by atoms with Gasteiger partial charge in [0.1, 0.15) is 12.0 Å². The summed E-state index contributed by atoms with van der Waals surface area (Å²) in [6, 6.07) is 0. The van der Waals surface area contributed by atoms with Crippen molar-refractivity contribution in [2.45, 2.75) is 25.6 Å². The zero-order chi connectivity index (χ0) is 9.59. The summed E-state index contributed by atoms with van der Waals surface area (Å²) in [6.07, 6.45) is -0.0637. The number of esters is 2. The lowest BCUT2D eigenvalue weighted by molar-refractivity contribution is -0.149. The highest BCUT2D eigenvalue weighted by Gasteiger charge is 2.54. The molecule has 4 heteroatoms. The fraction of sp³-hybridized carbons (Fsp3) is 0.556. The topological polar surface area (TPSA) is 52.6 Å². The number of hydrogen-bond donors (Lipinski definition) is 0. The molecule has 0 bridgehead atoms. The van der Waals surface area contributed by atoms with Crippen LogP contribution in [0.4, 0.5) is 0 Å². The maximum atomic E-state index is 11.3. The van der Waals surface area contributed by atoms with E-state index in [1.807, 2.05) is 6.92 Å². The molecule has 2 heterocycles. The minimum absolute atomic E-state index is 0.228. The molecule has 2 fully saturated rings. The van der Waals surface area contributed by atoms with E-state index in [1.54, 1.807) is 0 Å². The van der Waals surface area contributed by atoms with Gasteiger partial charge in [0.2, 0.25) is 0 Å². The Hall–Kier alpha value is -1.32. The van der Waals surface area contributed by atoms with Crippen LogP contribution >= 0.6 is 0 Å². The van der Waals surface area contributed by atoms with Gasteiger partial charge in [0, 0.05) is 5.57 Å². The van der Waals surface area contributed by atoms with Crippen LogP contribution in [-0.2, 0) is 19.1 Å². The first-order valence-electron chi connectivity index (χ1n) is 4.25. The van der Waals surface area contributed by atoms with E-state index >= 15 is 0 Å². The molecule has 2 aliphatic rings. The summed E-state index contributed by atoms with van der Waals surface area (Å²) in [5.41, 5.74) is 0.228. The molecule has 0 amide bonds. The van der Waals surface area contributed by atoms with E-state index in [2.05, 4.69) is 6.58 Å². The van der Waals surface area contributed by atoms with Gasteiger partial charge < -0.3 is 9.47 Å². The Balaban J connectivity index is 2.30. The average Bonchev–Trinajstić information content (AvgIpc) is 2.54. The van der Waals surface area contributed by atoms with Crippen LogP contribution in [0, 0.1) is 5.92 Å². The van der Waals surface area contributed by atoms with Crippen LogP contribution < -0.4 is 0 Å². The molecule has 0 aromatic rings. The minimum Gasteiger partial charge on any atom is -0.458 e. The zero-order valence-corrected chi connectivity index (χ0v) is 7.28. The number of fused-ring (bicyclic) bond motifs is 1. The second-order valence-corrected chi connectivity index (χ2v) is 3.26. The van der Waals surface area contributed by atoms with Crippen molar-refractivity contribution >= 4 is 11.9 Å². The van der Waals surface area contributed by atoms with Gasteiger partial charge in [-0.15, -0.1) is 0 Å². The summed E-state index contributed by atoms with van der Waals surface area (Å²) in [7, 11) is 0. The van der Waals surface area contributed by atoms with E-state index in [-0.39, 0.29) is 17.6 Å². The van der Waals surface area contributed by atoms with Crippen molar-refractivity contribution in [3.8, 4) is 0 Å². The molecule has 0 radical (unpaired) electrons. The summed E-state index contributed by atoms with van der Waals surface area (Å²) in [5.74, 6) is -1.41. The third-order valence-corrected chi connectivity index (χ3v) is 2.50. The molecule has 70 valence electrons. The first-order valence-corrected chi connectivity index (χ1v) is 4.25. The predicted molar refractivity (Wildman–Crippen MR) is 42.7 cm³/mol. The van der Waals surface area contributed by atoms with Crippen molar-refractivity contribution in [3.63, 3.8) is 0 Å². The number of hydrogen-bond acceptors (Lipinski definition) is 4. The van der Waals surface area contributed by atoms with Gasteiger partial charge in [-0.1, -0.05) is 13.5 Å². The third kappa shape index (κ3) is 0.978. The van der Waals surface area contributed by atoms with Gasteiger partial charge >= 0.3 is 11.9 Å². The molecule has 0 spiro atoms. The van der Waals surface area contributed by atoms with Gasteiger partial charge in [-0.05, 0) is 6.42 Å². The van der Waals surface area contributed by atoms with Gasteiger partial charge in [0.25, 0.3) is 0 Å². The first kappa shape index (κ1) is 8.29. The fourth-order valence-corrected chi connectivity index (χ4v) is 1.76. The Morgan fingerprint density at radius 1 is 1.38 bits per heavy atom. The molecule has 2 rings (SSSR count). The maximum absolute atomic E-state index is 11.3. The average molecular weight is 182 g/mol. The molecule has 2 aliphatic heterocycles. The predicted octanol–water partition coefficient (Wildman–Crippen LogP) is 0.420. The van der Waals surface area contributed by atoms with Crippen LogP contribution in [0.2, 0.25) is 0 Å². The van der Waals surface area contributed by atoms with Crippen molar-refractivity contribution in [1.29, 1.82) is 0 Å². The molecule has 3 atom stereocenters. The van der Waals surface area contributed by atoms with Crippen LogP contribution in [0.15, 0.2) is 12.2 Å². The lowest BCUT2D eigenvalue weighted by Crippen LogP contribution is -2.24. The maximum Gasteiger partial charge on any atom is 0.334 e. The minimum atomic E-state index is -0.558. The normalized spacial score (nSPS) is 37.3. The summed E-state index contributed by atoms with van der Waals surface area (Å²) in [5, 5.41) is 0. The first-order chi connectivity index (χ1) is 6.15. The quantitative estimate of drug-likeness (QED) is 0.435. The second kappa shape index (κ2) is 2.58. The van der Waals surface area contributed by atoms with Crippen molar-refractivity contribution in [3.05, 3.63) is 12.2 Å². The molecule has 4 nitrogen and oxygen atoms in total. The van der Waals surface area contributed by atoms with E-state index in [1.165, 1.54) is 0 Å². The monoisotopic (exact) mass is 182 g/mol.